The van der Waals surface area contributed by atoms with E-state index in [1.165, 1.54) is 0 Å². The van der Waals surface area contributed by atoms with Crippen LogP contribution in [0.4, 0.5) is 5.82 Å². The number of anilines is 1. The molecule has 0 aliphatic carbocycles. The van der Waals surface area contributed by atoms with Gasteiger partial charge in [0, 0.05) is 24.4 Å². The predicted molar refractivity (Wildman–Crippen MR) is 101 cm³/mol. The van der Waals surface area contributed by atoms with Gasteiger partial charge in [0.25, 0.3) is 0 Å². The smallest absolute Gasteiger partial charge is 0.150 e. The Morgan fingerprint density at radius 2 is 2.04 bits per heavy atom. The maximum absolute atomic E-state index is 6.19. The molecule has 1 aromatic carbocycles. The zero-order chi connectivity index (χ0) is 17.6. The molecule has 4 rings (SSSR count). The monoisotopic (exact) mass is 334 g/mol. The topological polar surface area (TPSA) is 85.4 Å². The van der Waals surface area contributed by atoms with Gasteiger partial charge in [0.2, 0.25) is 0 Å². The lowest BCUT2D eigenvalue weighted by molar-refractivity contribution is 0.764. The van der Waals surface area contributed by atoms with Crippen molar-refractivity contribution in [3.8, 4) is 11.3 Å². The number of nitrogen functional groups attached to an aromatic ring is 1. The van der Waals surface area contributed by atoms with Crippen LogP contribution in [0.15, 0.2) is 24.3 Å². The van der Waals surface area contributed by atoms with Crippen molar-refractivity contribution in [3.63, 3.8) is 0 Å². The van der Waals surface area contributed by atoms with Crippen LogP contribution in [-0.2, 0) is 13.5 Å². The van der Waals surface area contributed by atoms with Crippen molar-refractivity contribution in [2.75, 3.05) is 5.73 Å². The van der Waals surface area contributed by atoms with Gasteiger partial charge in [-0.2, -0.15) is 5.10 Å². The fourth-order valence-corrected chi connectivity index (χ4v) is 3.32. The van der Waals surface area contributed by atoms with E-state index in [1.807, 2.05) is 18.7 Å². The fourth-order valence-electron chi connectivity index (χ4n) is 3.32. The summed E-state index contributed by atoms with van der Waals surface area (Å²) in [6.45, 7) is 4.17. The summed E-state index contributed by atoms with van der Waals surface area (Å²) in [5.41, 5.74) is 11.9. The summed E-state index contributed by atoms with van der Waals surface area (Å²) in [5, 5.41) is 5.44. The van der Waals surface area contributed by atoms with Crippen LogP contribution in [0.5, 0.6) is 0 Å². The largest absolute Gasteiger partial charge is 0.382 e. The van der Waals surface area contributed by atoms with Gasteiger partial charge in [-0.05, 0) is 31.5 Å². The first-order chi connectivity index (χ1) is 12.1. The molecule has 0 amide bonds. The summed E-state index contributed by atoms with van der Waals surface area (Å²) >= 11 is 0. The maximum Gasteiger partial charge on any atom is 0.150 e. The van der Waals surface area contributed by atoms with Crippen molar-refractivity contribution in [2.24, 2.45) is 7.05 Å². The Hall–Kier alpha value is -2.89. The molecule has 0 bridgehead atoms. The lowest BCUT2D eigenvalue weighted by Crippen LogP contribution is -1.96. The minimum absolute atomic E-state index is 0.496. The normalized spacial score (nSPS) is 11.6. The number of hydrogen-bond acceptors (Lipinski definition) is 4. The molecule has 0 aliphatic rings. The Bertz CT molecular complexity index is 1070. The number of aryl methyl sites for hydroxylation is 3. The third kappa shape index (κ3) is 2.63. The van der Waals surface area contributed by atoms with Crippen molar-refractivity contribution in [1.82, 2.24) is 24.7 Å². The van der Waals surface area contributed by atoms with Crippen LogP contribution in [0.1, 0.15) is 31.3 Å². The van der Waals surface area contributed by atoms with E-state index >= 15 is 0 Å². The van der Waals surface area contributed by atoms with Gasteiger partial charge in [0.1, 0.15) is 22.7 Å². The van der Waals surface area contributed by atoms with Gasteiger partial charge in [-0.3, -0.25) is 4.68 Å². The number of nitrogens with two attached hydrogens (primary N) is 1. The first-order valence-corrected chi connectivity index (χ1v) is 8.65. The zero-order valence-corrected chi connectivity index (χ0v) is 14.8. The third-order valence-corrected chi connectivity index (χ3v) is 4.57. The molecule has 0 fully saturated rings. The number of nitrogens with zero attached hydrogens (tertiary/aromatic N) is 4. The molecule has 0 atom stereocenters. The number of aromatic amines is 1. The van der Waals surface area contributed by atoms with E-state index in [4.69, 9.17) is 10.7 Å². The highest BCUT2D eigenvalue weighted by atomic mass is 15.3. The third-order valence-electron chi connectivity index (χ3n) is 4.57. The number of H-pyrrole nitrogens is 1. The van der Waals surface area contributed by atoms with Gasteiger partial charge in [0.05, 0.1) is 16.9 Å². The molecule has 0 aliphatic heterocycles. The van der Waals surface area contributed by atoms with Crippen molar-refractivity contribution < 1.29 is 0 Å². The summed E-state index contributed by atoms with van der Waals surface area (Å²) in [5.74, 6) is 1.47. The van der Waals surface area contributed by atoms with Gasteiger partial charge in [0.15, 0.2) is 0 Å². The minimum atomic E-state index is 0.496. The molecule has 3 N–H and O–H groups in total. The molecule has 0 saturated heterocycles. The molecule has 3 heterocycles. The number of nitrogens with one attached hydrogen (secondary N) is 1. The van der Waals surface area contributed by atoms with Crippen LogP contribution in [0.3, 0.4) is 0 Å². The quantitative estimate of drug-likeness (QED) is 0.595. The standard InChI is InChI=1S/C19H22N6/c1-4-5-6-16-22-17-13-8-7-12(15-9-11(2)24-25(15)3)10-14(13)21-19(20)18(17)23-16/h7-10H,4-6H2,1-3H3,(H2,20,21)(H,22,23). The van der Waals surface area contributed by atoms with E-state index in [0.717, 1.165) is 64.0 Å². The molecule has 25 heavy (non-hydrogen) atoms. The van der Waals surface area contributed by atoms with Crippen LogP contribution < -0.4 is 5.73 Å². The summed E-state index contributed by atoms with van der Waals surface area (Å²) in [4.78, 5) is 12.7. The second kappa shape index (κ2) is 5.88. The number of pyridine rings is 1. The number of unbranched alkanes of at least 4 members (excludes halogenated alkanes) is 1. The summed E-state index contributed by atoms with van der Waals surface area (Å²) < 4.78 is 1.88. The lowest BCUT2D eigenvalue weighted by Gasteiger charge is -2.05. The molecule has 6 nitrogen and oxygen atoms in total. The van der Waals surface area contributed by atoms with Gasteiger partial charge in [-0.25, -0.2) is 9.97 Å². The summed E-state index contributed by atoms with van der Waals surface area (Å²) in [7, 11) is 1.95. The highest BCUT2D eigenvalue weighted by Crippen LogP contribution is 2.30. The minimum Gasteiger partial charge on any atom is -0.382 e. The van der Waals surface area contributed by atoms with E-state index in [1.54, 1.807) is 0 Å². The van der Waals surface area contributed by atoms with E-state index in [0.29, 0.717) is 5.82 Å². The van der Waals surface area contributed by atoms with Crippen molar-refractivity contribution in [3.05, 3.63) is 35.8 Å². The van der Waals surface area contributed by atoms with Gasteiger partial charge >= 0.3 is 0 Å². The average Bonchev–Trinajstić information content (AvgIpc) is 3.16. The zero-order valence-electron chi connectivity index (χ0n) is 14.8. The van der Waals surface area contributed by atoms with E-state index in [2.05, 4.69) is 46.3 Å². The van der Waals surface area contributed by atoms with Crippen LogP contribution in [0.2, 0.25) is 0 Å². The summed E-state index contributed by atoms with van der Waals surface area (Å²) in [6, 6.07) is 8.30. The molecule has 4 aromatic rings. The Morgan fingerprint density at radius 1 is 1.20 bits per heavy atom. The number of benzene rings is 1. The molecule has 0 unspecified atom stereocenters. The Morgan fingerprint density at radius 3 is 2.76 bits per heavy atom. The Balaban J connectivity index is 1.88. The molecule has 6 heteroatoms. The highest BCUT2D eigenvalue weighted by Gasteiger charge is 2.13. The Labute approximate surface area is 146 Å². The Kier molecular flexibility index (Phi) is 3.67. The van der Waals surface area contributed by atoms with Crippen LogP contribution in [0.25, 0.3) is 33.2 Å². The van der Waals surface area contributed by atoms with E-state index < -0.39 is 0 Å². The fraction of sp³-hybridized carbons (Fsp3) is 0.316. The molecular weight excluding hydrogens is 312 g/mol. The number of aromatic nitrogens is 5. The first kappa shape index (κ1) is 15.6. The summed E-state index contributed by atoms with van der Waals surface area (Å²) in [6.07, 6.45) is 3.17. The molecule has 0 radical (unpaired) electrons. The van der Waals surface area contributed by atoms with Crippen molar-refractivity contribution in [1.29, 1.82) is 0 Å². The van der Waals surface area contributed by atoms with Gasteiger partial charge in [-0.15, -0.1) is 0 Å². The molecule has 0 saturated carbocycles. The number of fused-ring (bicyclic) bond motifs is 3. The first-order valence-electron chi connectivity index (χ1n) is 8.65. The second-order valence-corrected chi connectivity index (χ2v) is 6.53. The SMILES string of the molecule is CCCCc1nc2c([nH]1)c(N)nc1cc(-c3cc(C)nn3C)ccc12. The van der Waals surface area contributed by atoms with Gasteiger partial charge < -0.3 is 10.7 Å². The average molecular weight is 334 g/mol. The second-order valence-electron chi connectivity index (χ2n) is 6.53. The predicted octanol–water partition coefficient (Wildman–Crippen LogP) is 3.74. The van der Waals surface area contributed by atoms with Gasteiger partial charge in [-0.1, -0.05) is 19.4 Å². The van der Waals surface area contributed by atoms with Crippen LogP contribution >= 0.6 is 0 Å². The van der Waals surface area contributed by atoms with Crippen LogP contribution in [0, 0.1) is 6.92 Å². The van der Waals surface area contributed by atoms with Crippen LogP contribution in [-0.4, -0.2) is 24.7 Å². The molecular formula is C19H22N6. The lowest BCUT2D eigenvalue weighted by atomic mass is 10.1. The number of rotatable bonds is 4. The molecule has 3 aromatic heterocycles. The highest BCUT2D eigenvalue weighted by molar-refractivity contribution is 6.07. The molecule has 128 valence electrons. The van der Waals surface area contributed by atoms with E-state index in [9.17, 15) is 0 Å². The van der Waals surface area contributed by atoms with E-state index in [-0.39, 0.29) is 0 Å². The number of hydrogen-bond donors (Lipinski definition) is 2. The van der Waals surface area contributed by atoms with Crippen molar-refractivity contribution >= 4 is 27.8 Å². The molecule has 0 spiro atoms. The van der Waals surface area contributed by atoms with Crippen molar-refractivity contribution in [2.45, 2.75) is 33.1 Å². The number of imidazole rings is 1. The maximum atomic E-state index is 6.19.